The summed E-state index contributed by atoms with van der Waals surface area (Å²) >= 11 is 4.77. The third-order valence-corrected chi connectivity index (χ3v) is 1.13. The number of allylic oxidation sites excluding steroid dienone is 1. The minimum atomic E-state index is 0.863. The quantitative estimate of drug-likeness (QED) is 0.411. The van der Waals surface area contributed by atoms with Crippen LogP contribution in [0.4, 0.5) is 0 Å². The largest absolute Gasteiger partial charge is 0.404 e. The molecule has 0 bridgehead atoms. The first-order chi connectivity index (χ1) is 3.18. The van der Waals surface area contributed by atoms with Crippen molar-refractivity contribution in [3.63, 3.8) is 0 Å². The summed E-state index contributed by atoms with van der Waals surface area (Å²) in [6, 6.07) is 0. The number of hydrogen-bond acceptors (Lipinski definition) is 2. The van der Waals surface area contributed by atoms with E-state index in [2.05, 4.69) is 0 Å². The fourth-order valence-electron chi connectivity index (χ4n) is 0.117. The second kappa shape index (κ2) is 2.75. The van der Waals surface area contributed by atoms with Crippen LogP contribution in [-0.4, -0.2) is 4.86 Å². The van der Waals surface area contributed by atoms with E-state index in [0.717, 1.165) is 10.4 Å². The second-order valence-electron chi connectivity index (χ2n) is 1.41. The van der Waals surface area contributed by atoms with Gasteiger partial charge in [0.15, 0.2) is 0 Å². The van der Waals surface area contributed by atoms with Crippen LogP contribution in [0.3, 0.4) is 0 Å². The molecule has 0 radical (unpaired) electrons. The van der Waals surface area contributed by atoms with Crippen LogP contribution >= 0.6 is 12.2 Å². The van der Waals surface area contributed by atoms with Crippen molar-refractivity contribution >= 4 is 17.1 Å². The normalized spacial score (nSPS) is 11.4. The highest BCUT2D eigenvalue weighted by Crippen LogP contribution is 1.91. The molecule has 0 aromatic heterocycles. The van der Waals surface area contributed by atoms with E-state index in [1.54, 1.807) is 0 Å². The van der Waals surface area contributed by atoms with Crippen molar-refractivity contribution in [3.05, 3.63) is 11.8 Å². The Bertz CT molecular complexity index is 105. The van der Waals surface area contributed by atoms with Gasteiger partial charge in [0.2, 0.25) is 0 Å². The van der Waals surface area contributed by atoms with Gasteiger partial charge in [-0.15, -0.1) is 0 Å². The van der Waals surface area contributed by atoms with Gasteiger partial charge < -0.3 is 5.73 Å². The molecule has 0 heterocycles. The molecule has 0 spiro atoms. The zero-order chi connectivity index (χ0) is 5.86. The van der Waals surface area contributed by atoms with Gasteiger partial charge in [-0.3, -0.25) is 0 Å². The summed E-state index contributed by atoms with van der Waals surface area (Å²) in [7, 11) is 0. The molecule has 1 nitrogen and oxygen atoms in total. The van der Waals surface area contributed by atoms with Gasteiger partial charge in [0.25, 0.3) is 0 Å². The zero-order valence-corrected chi connectivity index (χ0v) is 5.38. The average molecular weight is 115 g/mol. The molecular formula is C5H9NS. The van der Waals surface area contributed by atoms with Crippen molar-refractivity contribution in [1.29, 1.82) is 0 Å². The predicted octanol–water partition coefficient (Wildman–Crippen LogP) is 1.24. The van der Waals surface area contributed by atoms with E-state index >= 15 is 0 Å². The van der Waals surface area contributed by atoms with Crippen molar-refractivity contribution in [2.45, 2.75) is 13.8 Å². The van der Waals surface area contributed by atoms with Crippen LogP contribution in [0, 0.1) is 0 Å². The SMILES string of the molecule is CC(=S)/C(C)=C\N. The lowest BCUT2D eigenvalue weighted by Crippen LogP contribution is -1.91. The van der Waals surface area contributed by atoms with Crippen LogP contribution < -0.4 is 5.73 Å². The monoisotopic (exact) mass is 115 g/mol. The maximum atomic E-state index is 5.12. The number of thiocarbonyl (C=S) groups is 1. The van der Waals surface area contributed by atoms with Crippen LogP contribution in [0.25, 0.3) is 0 Å². The summed E-state index contributed by atoms with van der Waals surface area (Å²) in [5.74, 6) is 0. The third kappa shape index (κ3) is 2.34. The van der Waals surface area contributed by atoms with Crippen LogP contribution in [0.15, 0.2) is 11.8 Å². The van der Waals surface area contributed by atoms with E-state index in [4.69, 9.17) is 18.0 Å². The number of rotatable bonds is 1. The van der Waals surface area contributed by atoms with E-state index in [9.17, 15) is 0 Å². The molecule has 0 aliphatic carbocycles. The van der Waals surface area contributed by atoms with E-state index in [0.29, 0.717) is 0 Å². The standard InChI is InChI=1S/C5H9NS/c1-4(3-6)5(2)7/h3H,6H2,1-2H3/b4-3-. The molecule has 0 unspecified atom stereocenters. The highest BCUT2D eigenvalue weighted by Gasteiger charge is 1.84. The van der Waals surface area contributed by atoms with E-state index in [1.807, 2.05) is 13.8 Å². The van der Waals surface area contributed by atoms with Gasteiger partial charge >= 0.3 is 0 Å². The molecule has 0 atom stereocenters. The molecule has 0 saturated carbocycles. The van der Waals surface area contributed by atoms with E-state index < -0.39 is 0 Å². The lowest BCUT2D eigenvalue weighted by Gasteiger charge is -1.89. The van der Waals surface area contributed by atoms with Crippen molar-refractivity contribution in [3.8, 4) is 0 Å². The Morgan fingerprint density at radius 2 is 2.00 bits per heavy atom. The first kappa shape index (κ1) is 6.63. The van der Waals surface area contributed by atoms with Crippen molar-refractivity contribution in [2.24, 2.45) is 5.73 Å². The number of hydrogen-bond donors (Lipinski definition) is 1. The molecule has 40 valence electrons. The molecule has 0 fully saturated rings. The molecular weight excluding hydrogens is 106 g/mol. The Morgan fingerprint density at radius 3 is 2.00 bits per heavy atom. The molecule has 0 rings (SSSR count). The first-order valence-corrected chi connectivity index (χ1v) is 2.48. The average Bonchev–Trinajstić information content (AvgIpc) is 1.65. The Morgan fingerprint density at radius 1 is 1.57 bits per heavy atom. The molecule has 0 saturated heterocycles. The smallest absolute Gasteiger partial charge is 0.0164 e. The fraction of sp³-hybridized carbons (Fsp3) is 0.400. The van der Waals surface area contributed by atoms with Gasteiger partial charge in [0, 0.05) is 4.86 Å². The highest BCUT2D eigenvalue weighted by molar-refractivity contribution is 7.80. The van der Waals surface area contributed by atoms with Gasteiger partial charge in [-0.05, 0) is 25.6 Å². The molecule has 0 aliphatic rings. The summed E-state index contributed by atoms with van der Waals surface area (Å²) in [4.78, 5) is 0.863. The fourth-order valence-corrected chi connectivity index (χ4v) is 0.185. The van der Waals surface area contributed by atoms with Crippen molar-refractivity contribution in [2.75, 3.05) is 0 Å². The highest BCUT2D eigenvalue weighted by atomic mass is 32.1. The summed E-state index contributed by atoms with van der Waals surface area (Å²) in [5.41, 5.74) is 6.10. The molecule has 0 aromatic rings. The van der Waals surface area contributed by atoms with Crippen molar-refractivity contribution < 1.29 is 0 Å². The summed E-state index contributed by atoms with van der Waals surface area (Å²) in [5, 5.41) is 0. The van der Waals surface area contributed by atoms with Crippen LogP contribution in [0.2, 0.25) is 0 Å². The van der Waals surface area contributed by atoms with Crippen molar-refractivity contribution in [1.82, 2.24) is 0 Å². The number of nitrogens with two attached hydrogens (primary N) is 1. The molecule has 0 aliphatic heterocycles. The topological polar surface area (TPSA) is 26.0 Å². The summed E-state index contributed by atoms with van der Waals surface area (Å²) in [6.45, 7) is 3.75. The van der Waals surface area contributed by atoms with E-state index in [-0.39, 0.29) is 0 Å². The van der Waals surface area contributed by atoms with Gasteiger partial charge in [-0.1, -0.05) is 12.2 Å². The van der Waals surface area contributed by atoms with Gasteiger partial charge in [-0.2, -0.15) is 0 Å². The molecule has 0 aromatic carbocycles. The van der Waals surface area contributed by atoms with Gasteiger partial charge in [-0.25, -0.2) is 0 Å². The summed E-state index contributed by atoms with van der Waals surface area (Å²) in [6.07, 6.45) is 1.52. The minimum absolute atomic E-state index is 0.863. The summed E-state index contributed by atoms with van der Waals surface area (Å²) < 4.78 is 0. The van der Waals surface area contributed by atoms with Crippen LogP contribution in [0.5, 0.6) is 0 Å². The minimum Gasteiger partial charge on any atom is -0.404 e. The maximum absolute atomic E-state index is 5.12. The van der Waals surface area contributed by atoms with Gasteiger partial charge in [0.05, 0.1) is 0 Å². The predicted molar refractivity (Wildman–Crippen MR) is 36.2 cm³/mol. The molecule has 7 heavy (non-hydrogen) atoms. The lowest BCUT2D eigenvalue weighted by atomic mass is 10.3. The Kier molecular flexibility index (Phi) is 2.60. The Balaban J connectivity index is 3.82. The second-order valence-corrected chi connectivity index (χ2v) is 2.02. The maximum Gasteiger partial charge on any atom is 0.0164 e. The molecule has 0 amide bonds. The third-order valence-electron chi connectivity index (χ3n) is 0.805. The molecule has 2 heteroatoms. The lowest BCUT2D eigenvalue weighted by molar-refractivity contribution is 1.48. The van der Waals surface area contributed by atoms with E-state index in [1.165, 1.54) is 6.20 Å². The Hall–Kier alpha value is -0.370. The molecule has 2 N–H and O–H groups in total. The van der Waals surface area contributed by atoms with Gasteiger partial charge in [0.1, 0.15) is 0 Å². The van der Waals surface area contributed by atoms with Crippen LogP contribution in [-0.2, 0) is 0 Å². The first-order valence-electron chi connectivity index (χ1n) is 2.08. The Labute approximate surface area is 49.2 Å². The van der Waals surface area contributed by atoms with Crippen LogP contribution in [0.1, 0.15) is 13.8 Å². The zero-order valence-electron chi connectivity index (χ0n) is 4.56.